The number of nitrogens with one attached hydrogen (secondary N) is 1. The van der Waals surface area contributed by atoms with E-state index in [0.717, 1.165) is 3.57 Å². The van der Waals surface area contributed by atoms with Crippen LogP contribution in [0.3, 0.4) is 0 Å². The van der Waals surface area contributed by atoms with E-state index >= 15 is 0 Å². The van der Waals surface area contributed by atoms with Crippen LogP contribution >= 0.6 is 22.6 Å². The normalized spacial score (nSPS) is 10.6. The number of anilines is 2. The fraction of sp³-hybridized carbons (Fsp3) is 0.273. The van der Waals surface area contributed by atoms with Crippen LogP contribution in [0.5, 0.6) is 0 Å². The standard InChI is InChI=1S/C11H13IN4O2/c1-17-6-4-14-10-8(12)9(15-11(13)16-10)7-3-2-5-18-7/h2-3,5H,4,6H2,1H3,(H3,13,14,15,16). The molecule has 3 N–H and O–H groups in total. The summed E-state index contributed by atoms with van der Waals surface area (Å²) in [5.41, 5.74) is 6.39. The number of rotatable bonds is 5. The van der Waals surface area contributed by atoms with Gasteiger partial charge in [-0.3, -0.25) is 0 Å². The molecule has 7 heteroatoms. The highest BCUT2D eigenvalue weighted by molar-refractivity contribution is 14.1. The van der Waals surface area contributed by atoms with E-state index in [-0.39, 0.29) is 5.95 Å². The molecule has 6 nitrogen and oxygen atoms in total. The third-order valence-corrected chi connectivity index (χ3v) is 3.24. The summed E-state index contributed by atoms with van der Waals surface area (Å²) < 4.78 is 11.2. The second kappa shape index (κ2) is 6.01. The summed E-state index contributed by atoms with van der Waals surface area (Å²) >= 11 is 2.17. The van der Waals surface area contributed by atoms with Crippen molar-refractivity contribution in [3.8, 4) is 11.5 Å². The maximum absolute atomic E-state index is 5.70. The van der Waals surface area contributed by atoms with Crippen LogP contribution in [0.2, 0.25) is 0 Å². The zero-order chi connectivity index (χ0) is 13.0. The Morgan fingerprint density at radius 2 is 2.33 bits per heavy atom. The van der Waals surface area contributed by atoms with E-state index in [1.807, 2.05) is 12.1 Å². The number of methoxy groups -OCH3 is 1. The monoisotopic (exact) mass is 360 g/mol. The summed E-state index contributed by atoms with van der Waals surface area (Å²) in [6.07, 6.45) is 1.60. The molecule has 2 aromatic heterocycles. The second-order valence-corrected chi connectivity index (χ2v) is 4.57. The average molecular weight is 360 g/mol. The molecular weight excluding hydrogens is 347 g/mol. The molecule has 0 aromatic carbocycles. The van der Waals surface area contributed by atoms with Crippen LogP contribution in [-0.4, -0.2) is 30.2 Å². The van der Waals surface area contributed by atoms with Gasteiger partial charge in [0.05, 0.1) is 16.4 Å². The number of furan rings is 1. The summed E-state index contributed by atoms with van der Waals surface area (Å²) in [5.74, 6) is 1.57. The molecule has 0 aliphatic rings. The lowest BCUT2D eigenvalue weighted by Gasteiger charge is -2.10. The molecule has 0 saturated carbocycles. The lowest BCUT2D eigenvalue weighted by Crippen LogP contribution is -2.12. The Morgan fingerprint density at radius 3 is 3.00 bits per heavy atom. The minimum absolute atomic E-state index is 0.210. The molecule has 2 rings (SSSR count). The number of hydrogen-bond acceptors (Lipinski definition) is 6. The van der Waals surface area contributed by atoms with Gasteiger partial charge >= 0.3 is 0 Å². The van der Waals surface area contributed by atoms with Gasteiger partial charge in [-0.2, -0.15) is 4.98 Å². The molecule has 18 heavy (non-hydrogen) atoms. The minimum atomic E-state index is 0.210. The Balaban J connectivity index is 2.31. The maximum Gasteiger partial charge on any atom is 0.222 e. The van der Waals surface area contributed by atoms with Gasteiger partial charge in [-0.25, -0.2) is 4.98 Å². The van der Waals surface area contributed by atoms with Gasteiger partial charge in [0.2, 0.25) is 5.95 Å². The Morgan fingerprint density at radius 1 is 1.50 bits per heavy atom. The molecule has 0 fully saturated rings. The van der Waals surface area contributed by atoms with Crippen molar-refractivity contribution in [2.45, 2.75) is 0 Å². The molecule has 0 aliphatic carbocycles. The topological polar surface area (TPSA) is 86.2 Å². The van der Waals surface area contributed by atoms with Crippen molar-refractivity contribution in [3.05, 3.63) is 22.0 Å². The van der Waals surface area contributed by atoms with Crippen molar-refractivity contribution in [1.29, 1.82) is 0 Å². The van der Waals surface area contributed by atoms with Crippen LogP contribution in [0.4, 0.5) is 11.8 Å². The zero-order valence-electron chi connectivity index (χ0n) is 9.81. The Labute approximate surface area is 118 Å². The maximum atomic E-state index is 5.70. The Hall–Kier alpha value is -1.35. The van der Waals surface area contributed by atoms with Crippen LogP contribution in [-0.2, 0) is 4.74 Å². The predicted molar refractivity (Wildman–Crippen MR) is 77.2 cm³/mol. The highest BCUT2D eigenvalue weighted by Crippen LogP contribution is 2.28. The fourth-order valence-corrected chi connectivity index (χ4v) is 2.13. The highest BCUT2D eigenvalue weighted by Gasteiger charge is 2.14. The van der Waals surface area contributed by atoms with Crippen LogP contribution in [0.25, 0.3) is 11.5 Å². The molecule has 0 unspecified atom stereocenters. The number of hydrogen-bond donors (Lipinski definition) is 2. The summed E-state index contributed by atoms with van der Waals surface area (Å²) in [6.45, 7) is 1.25. The number of nitrogens with zero attached hydrogens (tertiary/aromatic N) is 2. The number of halogens is 1. The zero-order valence-corrected chi connectivity index (χ0v) is 12.0. The number of nitrogen functional groups attached to an aromatic ring is 1. The van der Waals surface area contributed by atoms with Crippen LogP contribution in [0, 0.1) is 3.57 Å². The van der Waals surface area contributed by atoms with Gasteiger partial charge in [-0.15, -0.1) is 0 Å². The minimum Gasteiger partial charge on any atom is -0.463 e. The summed E-state index contributed by atoms with van der Waals surface area (Å²) in [7, 11) is 1.65. The molecule has 0 bridgehead atoms. The van der Waals surface area contributed by atoms with E-state index in [1.165, 1.54) is 0 Å². The molecule has 0 spiro atoms. The van der Waals surface area contributed by atoms with Crippen molar-refractivity contribution < 1.29 is 9.15 Å². The van der Waals surface area contributed by atoms with E-state index in [4.69, 9.17) is 14.9 Å². The third kappa shape index (κ3) is 2.91. The van der Waals surface area contributed by atoms with E-state index in [2.05, 4.69) is 37.9 Å². The van der Waals surface area contributed by atoms with Crippen molar-refractivity contribution in [1.82, 2.24) is 9.97 Å². The highest BCUT2D eigenvalue weighted by atomic mass is 127. The molecule has 2 heterocycles. The number of ether oxygens (including phenoxy) is 1. The first-order valence-corrected chi connectivity index (χ1v) is 6.40. The quantitative estimate of drug-likeness (QED) is 0.627. The lowest BCUT2D eigenvalue weighted by atomic mass is 10.3. The lowest BCUT2D eigenvalue weighted by molar-refractivity contribution is 0.210. The Bertz CT molecular complexity index is 516. The van der Waals surface area contributed by atoms with Gasteiger partial charge < -0.3 is 20.2 Å². The molecule has 2 aromatic rings. The summed E-state index contributed by atoms with van der Waals surface area (Å²) in [6, 6.07) is 3.64. The van der Waals surface area contributed by atoms with Crippen molar-refractivity contribution in [3.63, 3.8) is 0 Å². The molecular formula is C11H13IN4O2. The van der Waals surface area contributed by atoms with Gasteiger partial charge in [0.25, 0.3) is 0 Å². The molecule has 0 amide bonds. The first-order chi connectivity index (χ1) is 8.72. The van der Waals surface area contributed by atoms with E-state index in [9.17, 15) is 0 Å². The first-order valence-electron chi connectivity index (χ1n) is 5.32. The summed E-state index contributed by atoms with van der Waals surface area (Å²) in [4.78, 5) is 8.36. The average Bonchev–Trinajstić information content (AvgIpc) is 2.87. The van der Waals surface area contributed by atoms with Crippen molar-refractivity contribution in [2.75, 3.05) is 31.3 Å². The van der Waals surface area contributed by atoms with Crippen LogP contribution < -0.4 is 11.1 Å². The largest absolute Gasteiger partial charge is 0.463 e. The summed E-state index contributed by atoms with van der Waals surface area (Å²) in [5, 5.41) is 3.15. The van der Waals surface area contributed by atoms with Gasteiger partial charge in [-0.1, -0.05) is 0 Å². The van der Waals surface area contributed by atoms with E-state index in [0.29, 0.717) is 30.4 Å². The van der Waals surface area contributed by atoms with Crippen LogP contribution in [0.1, 0.15) is 0 Å². The fourth-order valence-electron chi connectivity index (χ4n) is 1.43. The molecule has 0 saturated heterocycles. The third-order valence-electron chi connectivity index (χ3n) is 2.22. The van der Waals surface area contributed by atoms with Crippen LogP contribution in [0.15, 0.2) is 22.8 Å². The molecule has 96 valence electrons. The SMILES string of the molecule is COCCNc1nc(N)nc(-c2ccco2)c1I. The number of nitrogens with two attached hydrogens (primary N) is 1. The molecule has 0 radical (unpaired) electrons. The van der Waals surface area contributed by atoms with E-state index in [1.54, 1.807) is 13.4 Å². The number of aromatic nitrogens is 2. The smallest absolute Gasteiger partial charge is 0.222 e. The Kier molecular flexibility index (Phi) is 4.37. The second-order valence-electron chi connectivity index (χ2n) is 3.49. The molecule has 0 atom stereocenters. The van der Waals surface area contributed by atoms with Crippen molar-refractivity contribution >= 4 is 34.4 Å². The van der Waals surface area contributed by atoms with Gasteiger partial charge in [0, 0.05) is 13.7 Å². The predicted octanol–water partition coefficient (Wildman–Crippen LogP) is 1.98. The van der Waals surface area contributed by atoms with Gasteiger partial charge in [-0.05, 0) is 34.7 Å². The van der Waals surface area contributed by atoms with E-state index < -0.39 is 0 Å². The van der Waals surface area contributed by atoms with Gasteiger partial charge in [0.15, 0.2) is 5.76 Å². The molecule has 0 aliphatic heterocycles. The van der Waals surface area contributed by atoms with Gasteiger partial charge in [0.1, 0.15) is 11.5 Å². The first kappa shape index (κ1) is 13.1. The van der Waals surface area contributed by atoms with Crippen molar-refractivity contribution in [2.24, 2.45) is 0 Å².